The molecule has 0 radical (unpaired) electrons. The number of nitrogens with zero attached hydrogens (tertiary/aromatic N) is 2. The lowest BCUT2D eigenvalue weighted by Crippen LogP contribution is -2.38. The molecule has 1 aromatic rings. The molecule has 0 saturated carbocycles. The van der Waals surface area contributed by atoms with E-state index < -0.39 is 0 Å². The highest BCUT2D eigenvalue weighted by atomic mass is 16.5. The minimum atomic E-state index is 0.771. The lowest BCUT2D eigenvalue weighted by Gasteiger charge is -2.15. The largest absolute Gasteiger partial charge is 0.496 e. The van der Waals surface area contributed by atoms with Gasteiger partial charge in [0.2, 0.25) is 0 Å². The standard InChI is InChI=1S/C19H34N4O2/c1-5-20-19(21-12-8-14-23(2)15-16-24-3)22-13-11-17-9-6-7-10-18(17)25-4/h6-7,9-10H,5,8,11-16H2,1-4H3,(H2,20,21,22). The first kappa shape index (κ1) is 21.3. The van der Waals surface area contributed by atoms with Crippen molar-refractivity contribution in [2.45, 2.75) is 19.8 Å². The Morgan fingerprint density at radius 3 is 2.68 bits per heavy atom. The predicted molar refractivity (Wildman–Crippen MR) is 105 cm³/mol. The lowest BCUT2D eigenvalue weighted by molar-refractivity contribution is 0.161. The maximum absolute atomic E-state index is 5.39. The van der Waals surface area contributed by atoms with Gasteiger partial charge in [0.25, 0.3) is 0 Å². The molecule has 0 amide bonds. The molecule has 0 unspecified atom stereocenters. The number of likely N-dealkylation sites (N-methyl/N-ethyl adjacent to an activating group) is 1. The van der Waals surface area contributed by atoms with Crippen molar-refractivity contribution in [2.75, 3.05) is 60.6 Å². The molecule has 142 valence electrons. The predicted octanol–water partition coefficient (Wildman–Crippen LogP) is 1.76. The molecule has 0 aliphatic heterocycles. The monoisotopic (exact) mass is 350 g/mol. The molecule has 0 aliphatic rings. The number of rotatable bonds is 12. The number of hydrogen-bond acceptors (Lipinski definition) is 4. The highest BCUT2D eigenvalue weighted by Gasteiger charge is 2.03. The molecule has 1 aromatic carbocycles. The SMILES string of the molecule is CCNC(=NCCCN(C)CCOC)NCCc1ccccc1OC. The second-order valence-corrected chi connectivity index (χ2v) is 5.90. The van der Waals surface area contributed by atoms with Crippen LogP contribution in [0.4, 0.5) is 0 Å². The van der Waals surface area contributed by atoms with Gasteiger partial charge in [0, 0.05) is 33.3 Å². The van der Waals surface area contributed by atoms with Crippen molar-refractivity contribution in [2.24, 2.45) is 4.99 Å². The van der Waals surface area contributed by atoms with Crippen LogP contribution in [0.15, 0.2) is 29.3 Å². The van der Waals surface area contributed by atoms with Gasteiger partial charge in [-0.2, -0.15) is 0 Å². The van der Waals surface area contributed by atoms with Gasteiger partial charge >= 0.3 is 0 Å². The zero-order chi connectivity index (χ0) is 18.3. The Hall–Kier alpha value is -1.79. The normalized spacial score (nSPS) is 11.6. The van der Waals surface area contributed by atoms with E-state index in [2.05, 4.69) is 40.6 Å². The fourth-order valence-corrected chi connectivity index (χ4v) is 2.46. The molecule has 0 bridgehead atoms. The maximum atomic E-state index is 5.39. The van der Waals surface area contributed by atoms with E-state index in [1.165, 1.54) is 5.56 Å². The molecule has 0 aliphatic carbocycles. The van der Waals surface area contributed by atoms with Gasteiger partial charge in [-0.3, -0.25) is 4.99 Å². The van der Waals surface area contributed by atoms with Crippen LogP contribution in [0.1, 0.15) is 18.9 Å². The average molecular weight is 351 g/mol. The topological polar surface area (TPSA) is 58.1 Å². The number of hydrogen-bond donors (Lipinski definition) is 2. The molecule has 25 heavy (non-hydrogen) atoms. The number of benzene rings is 1. The second-order valence-electron chi connectivity index (χ2n) is 5.90. The average Bonchev–Trinajstić information content (AvgIpc) is 2.63. The summed E-state index contributed by atoms with van der Waals surface area (Å²) in [4.78, 5) is 6.91. The summed E-state index contributed by atoms with van der Waals surface area (Å²) in [5.74, 6) is 1.81. The van der Waals surface area contributed by atoms with E-state index in [1.807, 2.05) is 18.2 Å². The Bertz CT molecular complexity index is 494. The van der Waals surface area contributed by atoms with Crippen molar-refractivity contribution in [3.05, 3.63) is 29.8 Å². The molecule has 0 saturated heterocycles. The van der Waals surface area contributed by atoms with Crippen molar-refractivity contribution in [1.29, 1.82) is 0 Å². The first-order chi connectivity index (χ1) is 12.2. The molecule has 0 fully saturated rings. The van der Waals surface area contributed by atoms with Crippen LogP contribution >= 0.6 is 0 Å². The number of guanidine groups is 1. The number of nitrogens with one attached hydrogen (secondary N) is 2. The molecular weight excluding hydrogens is 316 g/mol. The van der Waals surface area contributed by atoms with E-state index >= 15 is 0 Å². The summed E-state index contributed by atoms with van der Waals surface area (Å²) >= 11 is 0. The van der Waals surface area contributed by atoms with Crippen LogP contribution in [-0.4, -0.2) is 71.5 Å². The minimum Gasteiger partial charge on any atom is -0.496 e. The molecule has 1 rings (SSSR count). The molecule has 2 N–H and O–H groups in total. The lowest BCUT2D eigenvalue weighted by atomic mass is 10.1. The van der Waals surface area contributed by atoms with Crippen LogP contribution in [0.2, 0.25) is 0 Å². The van der Waals surface area contributed by atoms with Gasteiger partial charge in [-0.15, -0.1) is 0 Å². The van der Waals surface area contributed by atoms with Gasteiger partial charge in [-0.05, 0) is 45.0 Å². The molecular formula is C19H34N4O2. The van der Waals surface area contributed by atoms with Gasteiger partial charge in [-0.1, -0.05) is 18.2 Å². The Labute approximate surface area is 152 Å². The molecule has 0 spiro atoms. The van der Waals surface area contributed by atoms with Crippen LogP contribution in [0.3, 0.4) is 0 Å². The van der Waals surface area contributed by atoms with Crippen LogP contribution in [0.5, 0.6) is 5.75 Å². The Kier molecular flexibility index (Phi) is 11.5. The summed E-state index contributed by atoms with van der Waals surface area (Å²) in [6, 6.07) is 8.12. The molecule has 0 heterocycles. The van der Waals surface area contributed by atoms with Gasteiger partial charge < -0.3 is 25.0 Å². The summed E-state index contributed by atoms with van der Waals surface area (Å²) in [6.07, 6.45) is 1.93. The number of para-hydroxylation sites is 1. The van der Waals surface area contributed by atoms with Gasteiger partial charge in [0.15, 0.2) is 5.96 Å². The van der Waals surface area contributed by atoms with E-state index in [4.69, 9.17) is 9.47 Å². The molecule has 6 heteroatoms. The van der Waals surface area contributed by atoms with E-state index in [9.17, 15) is 0 Å². The zero-order valence-corrected chi connectivity index (χ0v) is 16.2. The fourth-order valence-electron chi connectivity index (χ4n) is 2.46. The Morgan fingerprint density at radius 2 is 1.96 bits per heavy atom. The van der Waals surface area contributed by atoms with Crippen LogP contribution in [0.25, 0.3) is 0 Å². The number of ether oxygens (including phenoxy) is 2. The van der Waals surface area contributed by atoms with E-state index in [-0.39, 0.29) is 0 Å². The Balaban J connectivity index is 2.35. The highest BCUT2D eigenvalue weighted by Crippen LogP contribution is 2.17. The third-order valence-electron chi connectivity index (χ3n) is 3.87. The minimum absolute atomic E-state index is 0.771. The number of aliphatic imine (C=N–C) groups is 1. The van der Waals surface area contributed by atoms with Gasteiger partial charge in [0.05, 0.1) is 13.7 Å². The summed E-state index contributed by atoms with van der Waals surface area (Å²) in [5.41, 5.74) is 1.20. The van der Waals surface area contributed by atoms with Crippen molar-refractivity contribution in [3.63, 3.8) is 0 Å². The Morgan fingerprint density at radius 1 is 1.16 bits per heavy atom. The first-order valence-corrected chi connectivity index (χ1v) is 9.02. The summed E-state index contributed by atoms with van der Waals surface area (Å²) < 4.78 is 10.5. The highest BCUT2D eigenvalue weighted by molar-refractivity contribution is 5.79. The quantitative estimate of drug-likeness (QED) is 0.342. The number of methoxy groups -OCH3 is 2. The van der Waals surface area contributed by atoms with Crippen molar-refractivity contribution >= 4 is 5.96 Å². The zero-order valence-electron chi connectivity index (χ0n) is 16.2. The van der Waals surface area contributed by atoms with Gasteiger partial charge in [0.1, 0.15) is 5.75 Å². The van der Waals surface area contributed by atoms with E-state index in [0.29, 0.717) is 0 Å². The van der Waals surface area contributed by atoms with E-state index in [1.54, 1.807) is 14.2 Å². The van der Waals surface area contributed by atoms with Crippen LogP contribution in [-0.2, 0) is 11.2 Å². The van der Waals surface area contributed by atoms with Crippen LogP contribution < -0.4 is 15.4 Å². The summed E-state index contributed by atoms with van der Waals surface area (Å²) in [6.45, 7) is 7.31. The fraction of sp³-hybridized carbons (Fsp3) is 0.632. The van der Waals surface area contributed by atoms with Crippen LogP contribution in [0, 0.1) is 0 Å². The molecule has 0 atom stereocenters. The van der Waals surface area contributed by atoms with Crippen molar-refractivity contribution < 1.29 is 9.47 Å². The third kappa shape index (κ3) is 9.31. The summed E-state index contributed by atoms with van der Waals surface area (Å²) in [5, 5.41) is 6.69. The van der Waals surface area contributed by atoms with Crippen molar-refractivity contribution in [1.82, 2.24) is 15.5 Å². The summed E-state index contributed by atoms with van der Waals surface area (Å²) in [7, 11) is 5.55. The molecule has 6 nitrogen and oxygen atoms in total. The van der Waals surface area contributed by atoms with Gasteiger partial charge in [-0.25, -0.2) is 0 Å². The first-order valence-electron chi connectivity index (χ1n) is 9.02. The van der Waals surface area contributed by atoms with E-state index in [0.717, 1.165) is 63.9 Å². The third-order valence-corrected chi connectivity index (χ3v) is 3.87. The van der Waals surface area contributed by atoms with Crippen molar-refractivity contribution in [3.8, 4) is 5.75 Å². The smallest absolute Gasteiger partial charge is 0.191 e. The molecule has 0 aromatic heterocycles. The maximum Gasteiger partial charge on any atom is 0.191 e. The second kappa shape index (κ2) is 13.5.